The Kier molecular flexibility index (Phi) is 5.59. The van der Waals surface area contributed by atoms with Crippen LogP contribution in [0.3, 0.4) is 0 Å². The maximum absolute atomic E-state index is 11.9. The van der Waals surface area contributed by atoms with E-state index in [4.69, 9.17) is 11.6 Å². The van der Waals surface area contributed by atoms with E-state index in [1.54, 1.807) is 12.1 Å². The fourth-order valence-corrected chi connectivity index (χ4v) is 3.25. The highest BCUT2D eigenvalue weighted by atomic mass is 35.5. The molecule has 0 aliphatic carbocycles. The van der Waals surface area contributed by atoms with Gasteiger partial charge in [0.1, 0.15) is 0 Å². The first-order valence-corrected chi connectivity index (χ1v) is 8.73. The Hall–Kier alpha value is -2.20. The molecule has 0 unspecified atom stereocenters. The van der Waals surface area contributed by atoms with Gasteiger partial charge < -0.3 is 15.5 Å². The molecule has 2 amide bonds. The highest BCUT2D eigenvalue weighted by molar-refractivity contribution is 6.30. The number of aryl methyl sites for hydroxylation is 1. The van der Waals surface area contributed by atoms with Crippen molar-refractivity contribution in [3.63, 3.8) is 0 Å². The number of nitrogens with zero attached hydrogens (tertiary/aromatic N) is 1. The zero-order valence-electron chi connectivity index (χ0n) is 13.6. The Morgan fingerprint density at radius 1 is 1.17 bits per heavy atom. The fourth-order valence-electron chi connectivity index (χ4n) is 3.06. The molecular weight excluding hydrogens is 322 g/mol. The summed E-state index contributed by atoms with van der Waals surface area (Å²) in [5.74, 6) is 0. The van der Waals surface area contributed by atoms with Crippen LogP contribution in [-0.4, -0.2) is 25.7 Å². The van der Waals surface area contributed by atoms with Crippen molar-refractivity contribution >= 4 is 29.0 Å². The maximum atomic E-state index is 11.9. The Morgan fingerprint density at radius 2 is 2.04 bits per heavy atom. The van der Waals surface area contributed by atoms with Crippen LogP contribution in [0.5, 0.6) is 0 Å². The van der Waals surface area contributed by atoms with Gasteiger partial charge in [0.05, 0.1) is 0 Å². The zero-order chi connectivity index (χ0) is 16.8. The molecule has 0 spiro atoms. The molecule has 0 bridgehead atoms. The maximum Gasteiger partial charge on any atom is 0.319 e. The molecule has 0 aromatic heterocycles. The minimum Gasteiger partial charge on any atom is -0.371 e. The highest BCUT2D eigenvalue weighted by Crippen LogP contribution is 2.26. The Morgan fingerprint density at radius 3 is 2.92 bits per heavy atom. The van der Waals surface area contributed by atoms with Crippen molar-refractivity contribution in [1.29, 1.82) is 0 Å². The van der Waals surface area contributed by atoms with Crippen molar-refractivity contribution in [2.75, 3.05) is 29.9 Å². The van der Waals surface area contributed by atoms with E-state index in [2.05, 4.69) is 39.8 Å². The summed E-state index contributed by atoms with van der Waals surface area (Å²) in [6.07, 6.45) is 3.27. The van der Waals surface area contributed by atoms with E-state index < -0.39 is 0 Å². The van der Waals surface area contributed by atoms with Gasteiger partial charge in [-0.3, -0.25) is 0 Å². The van der Waals surface area contributed by atoms with E-state index >= 15 is 0 Å². The second-order valence-corrected chi connectivity index (χ2v) is 6.40. The number of carbonyl (C=O) groups is 1. The summed E-state index contributed by atoms with van der Waals surface area (Å²) < 4.78 is 0. The van der Waals surface area contributed by atoms with Gasteiger partial charge in [0.25, 0.3) is 0 Å². The minimum absolute atomic E-state index is 0.198. The van der Waals surface area contributed by atoms with Crippen LogP contribution in [0.1, 0.15) is 18.4 Å². The normalized spacial score (nSPS) is 13.3. The largest absolute Gasteiger partial charge is 0.371 e. The third kappa shape index (κ3) is 4.42. The number of rotatable bonds is 5. The summed E-state index contributed by atoms with van der Waals surface area (Å²) in [5, 5.41) is 6.29. The number of carbonyl (C=O) groups excluding carboxylic acids is 1. The molecule has 2 N–H and O–H groups in total. The standard InChI is InChI=1S/C19H22ClN3O/c20-16-8-3-9-17(14-16)22-19(24)21-11-5-13-23-12-4-7-15-6-1-2-10-18(15)23/h1-3,6,8-10,14H,4-5,7,11-13H2,(H2,21,22,24). The van der Waals surface area contributed by atoms with Crippen molar-refractivity contribution in [2.45, 2.75) is 19.3 Å². The predicted molar refractivity (Wildman–Crippen MR) is 100 cm³/mol. The lowest BCUT2D eigenvalue weighted by Gasteiger charge is -2.31. The highest BCUT2D eigenvalue weighted by Gasteiger charge is 2.15. The Balaban J connectivity index is 1.42. The van der Waals surface area contributed by atoms with Crippen molar-refractivity contribution in [3.8, 4) is 0 Å². The van der Waals surface area contributed by atoms with Gasteiger partial charge in [-0.1, -0.05) is 35.9 Å². The van der Waals surface area contributed by atoms with Crippen LogP contribution in [0.2, 0.25) is 5.02 Å². The molecule has 1 heterocycles. The fraction of sp³-hybridized carbons (Fsp3) is 0.316. The monoisotopic (exact) mass is 343 g/mol. The third-order valence-corrected chi connectivity index (χ3v) is 4.41. The first-order valence-electron chi connectivity index (χ1n) is 8.35. The van der Waals surface area contributed by atoms with Crippen molar-refractivity contribution in [2.24, 2.45) is 0 Å². The van der Waals surface area contributed by atoms with E-state index in [0.29, 0.717) is 17.3 Å². The Bertz CT molecular complexity index is 705. The summed E-state index contributed by atoms with van der Waals surface area (Å²) in [6.45, 7) is 2.69. The molecule has 0 radical (unpaired) electrons. The topological polar surface area (TPSA) is 44.4 Å². The van der Waals surface area contributed by atoms with E-state index in [9.17, 15) is 4.79 Å². The van der Waals surface area contributed by atoms with E-state index in [0.717, 1.165) is 25.9 Å². The molecule has 0 saturated heterocycles. The number of halogens is 1. The number of fused-ring (bicyclic) bond motifs is 1. The van der Waals surface area contributed by atoms with Gasteiger partial charge in [0, 0.05) is 36.0 Å². The minimum atomic E-state index is -0.198. The van der Waals surface area contributed by atoms with Crippen LogP contribution in [-0.2, 0) is 6.42 Å². The molecule has 2 aromatic rings. The van der Waals surface area contributed by atoms with Crippen LogP contribution in [0, 0.1) is 0 Å². The molecule has 0 saturated carbocycles. The van der Waals surface area contributed by atoms with Crippen LogP contribution in [0.4, 0.5) is 16.2 Å². The third-order valence-electron chi connectivity index (χ3n) is 4.18. The molecule has 0 fully saturated rings. The van der Waals surface area contributed by atoms with Crippen molar-refractivity contribution < 1.29 is 4.79 Å². The molecule has 1 aliphatic heterocycles. The molecule has 2 aromatic carbocycles. The lowest BCUT2D eigenvalue weighted by Crippen LogP contribution is -2.34. The van der Waals surface area contributed by atoms with E-state index in [-0.39, 0.29) is 6.03 Å². The molecule has 4 nitrogen and oxygen atoms in total. The summed E-state index contributed by atoms with van der Waals surface area (Å²) in [5.41, 5.74) is 3.47. The van der Waals surface area contributed by atoms with Gasteiger partial charge in [-0.2, -0.15) is 0 Å². The predicted octanol–water partition coefficient (Wildman–Crippen LogP) is 4.30. The van der Waals surface area contributed by atoms with E-state index in [1.165, 1.54) is 17.7 Å². The second-order valence-electron chi connectivity index (χ2n) is 5.96. The first-order chi connectivity index (χ1) is 11.7. The average molecular weight is 344 g/mol. The molecule has 5 heteroatoms. The SMILES string of the molecule is O=C(NCCCN1CCCc2ccccc21)Nc1cccc(Cl)c1. The first kappa shape index (κ1) is 16.7. The lowest BCUT2D eigenvalue weighted by molar-refractivity contribution is 0.252. The van der Waals surface area contributed by atoms with Crippen LogP contribution < -0.4 is 15.5 Å². The number of urea groups is 1. The summed E-state index contributed by atoms with van der Waals surface area (Å²) in [4.78, 5) is 14.3. The second kappa shape index (κ2) is 8.06. The van der Waals surface area contributed by atoms with Crippen LogP contribution >= 0.6 is 11.6 Å². The molecule has 1 aliphatic rings. The van der Waals surface area contributed by atoms with Gasteiger partial charge in [-0.25, -0.2) is 4.79 Å². The number of hydrogen-bond acceptors (Lipinski definition) is 2. The van der Waals surface area contributed by atoms with Gasteiger partial charge in [0.15, 0.2) is 0 Å². The molecule has 0 atom stereocenters. The number of para-hydroxylation sites is 1. The molecule has 126 valence electrons. The number of amides is 2. The van der Waals surface area contributed by atoms with Gasteiger partial charge in [-0.05, 0) is 49.1 Å². The quantitative estimate of drug-likeness (QED) is 0.795. The van der Waals surface area contributed by atoms with Crippen LogP contribution in [0.15, 0.2) is 48.5 Å². The van der Waals surface area contributed by atoms with E-state index in [1.807, 2.05) is 12.1 Å². The summed E-state index contributed by atoms with van der Waals surface area (Å²) in [6, 6.07) is 15.5. The van der Waals surface area contributed by atoms with Gasteiger partial charge in [-0.15, -0.1) is 0 Å². The number of hydrogen-bond donors (Lipinski definition) is 2. The summed E-state index contributed by atoms with van der Waals surface area (Å²) in [7, 11) is 0. The lowest BCUT2D eigenvalue weighted by atomic mass is 10.0. The zero-order valence-corrected chi connectivity index (χ0v) is 14.4. The smallest absolute Gasteiger partial charge is 0.319 e. The molecule has 24 heavy (non-hydrogen) atoms. The van der Waals surface area contributed by atoms with Crippen molar-refractivity contribution in [3.05, 3.63) is 59.1 Å². The van der Waals surface area contributed by atoms with Gasteiger partial charge >= 0.3 is 6.03 Å². The summed E-state index contributed by atoms with van der Waals surface area (Å²) >= 11 is 5.91. The number of nitrogens with one attached hydrogen (secondary N) is 2. The van der Waals surface area contributed by atoms with Gasteiger partial charge in [0.2, 0.25) is 0 Å². The molecule has 3 rings (SSSR count). The number of anilines is 2. The Labute approximate surface area is 147 Å². The number of benzene rings is 2. The van der Waals surface area contributed by atoms with Crippen LogP contribution in [0.25, 0.3) is 0 Å². The van der Waals surface area contributed by atoms with Crippen molar-refractivity contribution in [1.82, 2.24) is 5.32 Å². The molecular formula is C19H22ClN3O. The average Bonchev–Trinajstić information content (AvgIpc) is 2.59.